The van der Waals surface area contributed by atoms with Gasteiger partial charge in [0, 0.05) is 18.2 Å². The van der Waals surface area contributed by atoms with Gasteiger partial charge in [-0.1, -0.05) is 12.1 Å². The number of non-ortho nitro benzene ring substituents is 1. The number of benzene rings is 1. The van der Waals surface area contributed by atoms with Crippen LogP contribution in [0.4, 0.5) is 16.4 Å². The van der Waals surface area contributed by atoms with E-state index in [0.29, 0.717) is 17.3 Å². The zero-order valence-electron chi connectivity index (χ0n) is 12.9. The molecule has 1 aliphatic heterocycles. The van der Waals surface area contributed by atoms with E-state index < -0.39 is 26.9 Å². The van der Waals surface area contributed by atoms with Crippen molar-refractivity contribution in [3.05, 3.63) is 72.9 Å². The summed E-state index contributed by atoms with van der Waals surface area (Å²) >= 11 is 0.682. The molecule has 3 rings (SSSR count). The lowest BCUT2D eigenvalue weighted by Gasteiger charge is -2.12. The van der Waals surface area contributed by atoms with Crippen molar-refractivity contribution in [2.45, 2.75) is 6.54 Å². The number of imide groups is 1. The molecule has 132 valence electrons. The molecular formula is C15H9N3O7S. The van der Waals surface area contributed by atoms with E-state index in [-0.39, 0.29) is 22.9 Å². The molecule has 1 saturated heterocycles. The fraction of sp³-hybridized carbons (Fsp3) is 0.0667. The summed E-state index contributed by atoms with van der Waals surface area (Å²) in [6.07, 6.45) is 1.26. The van der Waals surface area contributed by atoms with Crippen LogP contribution in [0.5, 0.6) is 0 Å². The first kappa shape index (κ1) is 17.4. The van der Waals surface area contributed by atoms with Crippen LogP contribution < -0.4 is 0 Å². The van der Waals surface area contributed by atoms with Gasteiger partial charge in [-0.15, -0.1) is 0 Å². The molecule has 26 heavy (non-hydrogen) atoms. The molecule has 0 aliphatic carbocycles. The molecule has 1 fully saturated rings. The van der Waals surface area contributed by atoms with Gasteiger partial charge in [0.2, 0.25) is 0 Å². The normalized spacial score (nSPS) is 15.7. The van der Waals surface area contributed by atoms with Crippen LogP contribution in [0.25, 0.3) is 6.08 Å². The number of nitrogens with zero attached hydrogens (tertiary/aromatic N) is 3. The number of nitro benzene ring substituents is 1. The molecule has 0 bridgehead atoms. The lowest BCUT2D eigenvalue weighted by Crippen LogP contribution is -2.27. The maximum absolute atomic E-state index is 12.4. The van der Waals surface area contributed by atoms with Crippen molar-refractivity contribution in [3.63, 3.8) is 0 Å². The third kappa shape index (κ3) is 3.47. The molecular weight excluding hydrogens is 366 g/mol. The Morgan fingerprint density at radius 2 is 1.73 bits per heavy atom. The topological polar surface area (TPSA) is 137 Å². The molecule has 0 N–H and O–H groups in total. The van der Waals surface area contributed by atoms with Crippen LogP contribution in [0, 0.1) is 20.2 Å². The molecule has 2 heterocycles. The number of hydrogen-bond acceptors (Lipinski definition) is 8. The Morgan fingerprint density at radius 3 is 2.31 bits per heavy atom. The minimum atomic E-state index is -0.711. The van der Waals surface area contributed by atoms with Crippen molar-refractivity contribution in [2.24, 2.45) is 0 Å². The number of carbonyl (C=O) groups excluding carboxylic acids is 2. The fourth-order valence-electron chi connectivity index (χ4n) is 2.19. The Hall–Kier alpha value is -3.47. The van der Waals surface area contributed by atoms with Crippen LogP contribution in [0.3, 0.4) is 0 Å². The first-order valence-electron chi connectivity index (χ1n) is 7.08. The number of thioether (sulfide) groups is 1. The summed E-state index contributed by atoms with van der Waals surface area (Å²) in [5.41, 5.74) is 0.454. The summed E-state index contributed by atoms with van der Waals surface area (Å²) in [6.45, 7) is -0.0433. The standard InChI is InChI=1S/C15H9N3O7S/c19-14-12(7-11-5-6-13(25-11)18(23)24)26-15(20)16(14)8-9-1-3-10(4-2-9)17(21)22/h1-7H,8H2/b12-7-. The summed E-state index contributed by atoms with van der Waals surface area (Å²) < 4.78 is 4.95. The zero-order chi connectivity index (χ0) is 18.8. The van der Waals surface area contributed by atoms with Gasteiger partial charge in [0.1, 0.15) is 10.7 Å². The lowest BCUT2D eigenvalue weighted by molar-refractivity contribution is -0.402. The summed E-state index contributed by atoms with van der Waals surface area (Å²) in [5.74, 6) is -0.962. The van der Waals surface area contributed by atoms with E-state index >= 15 is 0 Å². The second kappa shape index (κ2) is 6.80. The van der Waals surface area contributed by atoms with Crippen LogP contribution in [-0.2, 0) is 11.3 Å². The molecule has 1 aromatic carbocycles. The van der Waals surface area contributed by atoms with Gasteiger partial charge < -0.3 is 4.42 Å². The highest BCUT2D eigenvalue weighted by Gasteiger charge is 2.35. The molecule has 11 heteroatoms. The van der Waals surface area contributed by atoms with E-state index in [1.54, 1.807) is 0 Å². The minimum absolute atomic E-state index is 0.0433. The summed E-state index contributed by atoms with van der Waals surface area (Å²) in [6, 6.07) is 7.95. The Kier molecular flexibility index (Phi) is 4.54. The van der Waals surface area contributed by atoms with Crippen molar-refractivity contribution in [3.8, 4) is 0 Å². The highest BCUT2D eigenvalue weighted by molar-refractivity contribution is 8.18. The van der Waals surface area contributed by atoms with E-state index in [1.165, 1.54) is 36.4 Å². The van der Waals surface area contributed by atoms with Crippen molar-refractivity contribution in [1.82, 2.24) is 4.90 Å². The van der Waals surface area contributed by atoms with Crippen LogP contribution >= 0.6 is 11.8 Å². The molecule has 2 amide bonds. The maximum atomic E-state index is 12.4. The summed E-state index contributed by atoms with van der Waals surface area (Å²) in [5, 5.41) is 20.7. The van der Waals surface area contributed by atoms with Gasteiger partial charge >= 0.3 is 5.88 Å². The predicted molar refractivity (Wildman–Crippen MR) is 90.0 cm³/mol. The zero-order valence-corrected chi connectivity index (χ0v) is 13.7. The van der Waals surface area contributed by atoms with Crippen molar-refractivity contribution in [2.75, 3.05) is 0 Å². The third-order valence-corrected chi connectivity index (χ3v) is 4.33. The van der Waals surface area contributed by atoms with E-state index in [4.69, 9.17) is 4.42 Å². The van der Waals surface area contributed by atoms with E-state index in [1.807, 2.05) is 0 Å². The number of hydrogen-bond donors (Lipinski definition) is 0. The molecule has 2 aromatic rings. The van der Waals surface area contributed by atoms with Crippen LogP contribution in [0.2, 0.25) is 0 Å². The quantitative estimate of drug-likeness (QED) is 0.441. The molecule has 0 atom stereocenters. The highest BCUT2D eigenvalue weighted by atomic mass is 32.2. The van der Waals surface area contributed by atoms with E-state index in [9.17, 15) is 29.8 Å². The number of rotatable bonds is 5. The lowest BCUT2D eigenvalue weighted by atomic mass is 10.2. The molecule has 0 radical (unpaired) electrons. The van der Waals surface area contributed by atoms with Crippen molar-refractivity contribution < 1.29 is 23.9 Å². The predicted octanol–water partition coefficient (Wildman–Crippen LogP) is 3.33. The number of amides is 2. The molecule has 0 spiro atoms. The van der Waals surface area contributed by atoms with E-state index in [2.05, 4.69) is 0 Å². The van der Waals surface area contributed by atoms with Gasteiger partial charge in [-0.3, -0.25) is 34.7 Å². The Bertz CT molecular complexity index is 948. The molecule has 0 saturated carbocycles. The second-order valence-electron chi connectivity index (χ2n) is 5.12. The fourth-order valence-corrected chi connectivity index (χ4v) is 3.01. The maximum Gasteiger partial charge on any atom is 0.433 e. The van der Waals surface area contributed by atoms with Gasteiger partial charge in [-0.25, -0.2) is 0 Å². The number of furan rings is 1. The first-order valence-corrected chi connectivity index (χ1v) is 7.90. The van der Waals surface area contributed by atoms with Gasteiger partial charge in [0.25, 0.3) is 16.8 Å². The van der Waals surface area contributed by atoms with Gasteiger partial charge in [-0.2, -0.15) is 0 Å². The largest absolute Gasteiger partial charge is 0.433 e. The number of carbonyl (C=O) groups is 2. The highest BCUT2D eigenvalue weighted by Crippen LogP contribution is 2.34. The molecule has 0 unspecified atom stereocenters. The Balaban J connectivity index is 1.76. The molecule has 10 nitrogen and oxygen atoms in total. The van der Waals surface area contributed by atoms with Gasteiger partial charge in [-0.05, 0) is 23.4 Å². The van der Waals surface area contributed by atoms with Crippen LogP contribution in [0.15, 0.2) is 45.7 Å². The SMILES string of the molecule is O=C1S/C(=C\c2ccc([N+](=O)[O-])o2)C(=O)N1Cc1ccc([N+](=O)[O-])cc1. The first-order chi connectivity index (χ1) is 12.3. The van der Waals surface area contributed by atoms with Crippen LogP contribution in [0.1, 0.15) is 11.3 Å². The third-order valence-electron chi connectivity index (χ3n) is 3.43. The van der Waals surface area contributed by atoms with E-state index in [0.717, 1.165) is 11.0 Å². The summed E-state index contributed by atoms with van der Waals surface area (Å²) in [4.78, 5) is 45.5. The van der Waals surface area contributed by atoms with Crippen molar-refractivity contribution >= 4 is 40.6 Å². The molecule has 1 aromatic heterocycles. The minimum Gasteiger partial charge on any atom is -0.401 e. The second-order valence-corrected chi connectivity index (χ2v) is 6.12. The van der Waals surface area contributed by atoms with Gasteiger partial charge in [0.15, 0.2) is 0 Å². The van der Waals surface area contributed by atoms with Crippen LogP contribution in [-0.4, -0.2) is 25.9 Å². The summed E-state index contributed by atoms with van der Waals surface area (Å²) in [7, 11) is 0. The van der Waals surface area contributed by atoms with Crippen molar-refractivity contribution in [1.29, 1.82) is 0 Å². The average Bonchev–Trinajstić information content (AvgIpc) is 3.16. The molecule has 1 aliphatic rings. The average molecular weight is 375 g/mol. The van der Waals surface area contributed by atoms with Gasteiger partial charge in [0.05, 0.1) is 22.4 Å². The Labute approximate surface area is 149 Å². The Morgan fingerprint density at radius 1 is 1.04 bits per heavy atom. The monoisotopic (exact) mass is 375 g/mol. The smallest absolute Gasteiger partial charge is 0.401 e. The number of nitro groups is 2.